The molecule has 1 aliphatic heterocycles. The predicted molar refractivity (Wildman–Crippen MR) is 69.8 cm³/mol. The first kappa shape index (κ1) is 11.4. The van der Waals surface area contributed by atoms with E-state index in [2.05, 4.69) is 4.72 Å². The molecule has 0 fully saturated rings. The molecule has 92 valence electrons. The van der Waals surface area contributed by atoms with E-state index in [1.54, 1.807) is 12.1 Å². The molecule has 0 spiro atoms. The van der Waals surface area contributed by atoms with Gasteiger partial charge < -0.3 is 0 Å². The lowest BCUT2D eigenvalue weighted by atomic mass is 9.98. The van der Waals surface area contributed by atoms with E-state index in [-0.39, 0.29) is 6.04 Å². The Hall–Kier alpha value is -1.65. The van der Waals surface area contributed by atoms with E-state index < -0.39 is 10.0 Å². The Morgan fingerprint density at radius 3 is 2.61 bits per heavy atom. The fourth-order valence-corrected chi connectivity index (χ4v) is 3.80. The molecule has 3 rings (SSSR count). The van der Waals surface area contributed by atoms with Crippen LogP contribution in [0.2, 0.25) is 0 Å². The summed E-state index contributed by atoms with van der Waals surface area (Å²) in [5.41, 5.74) is 2.92. The highest BCUT2D eigenvalue weighted by atomic mass is 32.2. The van der Waals surface area contributed by atoms with Gasteiger partial charge in [-0.1, -0.05) is 48.0 Å². The molecule has 2 aromatic carbocycles. The highest BCUT2D eigenvalue weighted by Crippen LogP contribution is 2.34. The van der Waals surface area contributed by atoms with Crippen LogP contribution < -0.4 is 4.72 Å². The molecule has 1 atom stereocenters. The van der Waals surface area contributed by atoms with Crippen LogP contribution in [-0.2, 0) is 10.0 Å². The molecule has 0 radical (unpaired) electrons. The topological polar surface area (TPSA) is 46.2 Å². The zero-order valence-corrected chi connectivity index (χ0v) is 10.7. The van der Waals surface area contributed by atoms with Gasteiger partial charge in [0.15, 0.2) is 0 Å². The van der Waals surface area contributed by atoms with E-state index in [9.17, 15) is 8.42 Å². The normalized spacial score (nSPS) is 20.6. The molecule has 0 aromatic heterocycles. The van der Waals surface area contributed by atoms with E-state index >= 15 is 0 Å². The van der Waals surface area contributed by atoms with Crippen molar-refractivity contribution >= 4 is 10.0 Å². The lowest BCUT2D eigenvalue weighted by molar-refractivity contribution is 0.585. The fourth-order valence-electron chi connectivity index (χ4n) is 2.34. The third-order valence-electron chi connectivity index (χ3n) is 3.17. The van der Waals surface area contributed by atoms with Gasteiger partial charge in [-0.15, -0.1) is 0 Å². The summed E-state index contributed by atoms with van der Waals surface area (Å²) in [6.07, 6.45) is 0. The standard InChI is InChI=1S/C14H13NO2S/c1-10-5-4-6-11(9-10)14-12-7-2-3-8-13(12)18(16,17)15-14/h2-9,14-15H,1H3/t14-/m1/s1. The first-order valence-electron chi connectivity index (χ1n) is 5.76. The van der Waals surface area contributed by atoms with E-state index in [1.165, 1.54) is 0 Å². The zero-order valence-electron chi connectivity index (χ0n) is 9.92. The Bertz CT molecular complexity index is 707. The molecule has 1 aliphatic rings. The number of rotatable bonds is 1. The Morgan fingerprint density at radius 2 is 1.83 bits per heavy atom. The summed E-state index contributed by atoms with van der Waals surface area (Å²) in [6, 6.07) is 14.7. The Labute approximate surface area is 107 Å². The first-order chi connectivity index (χ1) is 8.58. The van der Waals surface area contributed by atoms with Gasteiger partial charge in [0.1, 0.15) is 0 Å². The highest BCUT2D eigenvalue weighted by molar-refractivity contribution is 7.89. The molecule has 0 saturated heterocycles. The minimum Gasteiger partial charge on any atom is -0.207 e. The number of sulfonamides is 1. The number of aryl methyl sites for hydroxylation is 1. The lowest BCUT2D eigenvalue weighted by Crippen LogP contribution is -2.20. The van der Waals surface area contributed by atoms with Crippen LogP contribution in [0.3, 0.4) is 0 Å². The summed E-state index contributed by atoms with van der Waals surface area (Å²) in [7, 11) is -3.37. The number of hydrogen-bond donors (Lipinski definition) is 1. The van der Waals surface area contributed by atoms with E-state index in [0.29, 0.717) is 4.90 Å². The van der Waals surface area contributed by atoms with E-state index in [0.717, 1.165) is 16.7 Å². The molecule has 1 heterocycles. The Balaban J connectivity index is 2.18. The summed E-state index contributed by atoms with van der Waals surface area (Å²) in [5, 5.41) is 0. The van der Waals surface area contributed by atoms with Crippen LogP contribution in [0.15, 0.2) is 53.4 Å². The van der Waals surface area contributed by atoms with Gasteiger partial charge in [0.05, 0.1) is 10.9 Å². The van der Waals surface area contributed by atoms with Crippen LogP contribution in [0.1, 0.15) is 22.7 Å². The van der Waals surface area contributed by atoms with Crippen molar-refractivity contribution in [3.8, 4) is 0 Å². The molecule has 1 N–H and O–H groups in total. The molecule has 2 aromatic rings. The van der Waals surface area contributed by atoms with Gasteiger partial charge in [0.25, 0.3) is 0 Å². The van der Waals surface area contributed by atoms with Gasteiger partial charge >= 0.3 is 0 Å². The summed E-state index contributed by atoms with van der Waals surface area (Å²) < 4.78 is 26.7. The van der Waals surface area contributed by atoms with Crippen molar-refractivity contribution in [1.82, 2.24) is 4.72 Å². The lowest BCUT2D eigenvalue weighted by Gasteiger charge is -2.11. The van der Waals surface area contributed by atoms with Gasteiger partial charge in [0, 0.05) is 0 Å². The van der Waals surface area contributed by atoms with Crippen LogP contribution in [0.25, 0.3) is 0 Å². The molecule has 3 nitrogen and oxygen atoms in total. The fraction of sp³-hybridized carbons (Fsp3) is 0.143. The van der Waals surface area contributed by atoms with E-state index in [1.807, 2.05) is 43.3 Å². The average molecular weight is 259 g/mol. The van der Waals surface area contributed by atoms with Crippen LogP contribution in [0, 0.1) is 6.92 Å². The number of fused-ring (bicyclic) bond motifs is 1. The smallest absolute Gasteiger partial charge is 0.207 e. The first-order valence-corrected chi connectivity index (χ1v) is 7.24. The third kappa shape index (κ3) is 1.74. The van der Waals surface area contributed by atoms with Crippen LogP contribution in [0.5, 0.6) is 0 Å². The monoisotopic (exact) mass is 259 g/mol. The third-order valence-corrected chi connectivity index (χ3v) is 4.66. The van der Waals surface area contributed by atoms with Gasteiger partial charge in [-0.2, -0.15) is 4.72 Å². The van der Waals surface area contributed by atoms with Gasteiger partial charge in [-0.3, -0.25) is 0 Å². The second-order valence-corrected chi connectivity index (χ2v) is 6.19. The van der Waals surface area contributed by atoms with Crippen molar-refractivity contribution in [2.24, 2.45) is 0 Å². The van der Waals surface area contributed by atoms with E-state index in [4.69, 9.17) is 0 Å². The molecule has 4 heteroatoms. The average Bonchev–Trinajstić information content (AvgIpc) is 2.63. The second-order valence-electron chi connectivity index (χ2n) is 4.51. The minimum absolute atomic E-state index is 0.272. The van der Waals surface area contributed by atoms with Crippen molar-refractivity contribution in [1.29, 1.82) is 0 Å². The summed E-state index contributed by atoms with van der Waals surface area (Å²) in [4.78, 5) is 0.386. The van der Waals surface area contributed by atoms with Gasteiger partial charge in [-0.05, 0) is 24.1 Å². The highest BCUT2D eigenvalue weighted by Gasteiger charge is 2.34. The maximum absolute atomic E-state index is 12.0. The molecule has 18 heavy (non-hydrogen) atoms. The van der Waals surface area contributed by atoms with Gasteiger partial charge in [0.2, 0.25) is 10.0 Å². The largest absolute Gasteiger partial charge is 0.241 e. The Kier molecular flexibility index (Phi) is 2.50. The zero-order chi connectivity index (χ0) is 12.8. The quantitative estimate of drug-likeness (QED) is 0.854. The van der Waals surface area contributed by atoms with Crippen molar-refractivity contribution in [2.75, 3.05) is 0 Å². The van der Waals surface area contributed by atoms with Crippen LogP contribution in [0.4, 0.5) is 0 Å². The second kappa shape index (κ2) is 3.93. The van der Waals surface area contributed by atoms with Crippen LogP contribution >= 0.6 is 0 Å². The molecule has 0 amide bonds. The SMILES string of the molecule is Cc1cccc([C@H]2NS(=O)(=O)c3ccccc32)c1. The number of hydrogen-bond acceptors (Lipinski definition) is 2. The molecule has 0 saturated carbocycles. The number of benzene rings is 2. The van der Waals surface area contributed by atoms with Crippen molar-refractivity contribution in [3.05, 3.63) is 65.2 Å². The molecule has 0 bridgehead atoms. The molecule has 0 unspecified atom stereocenters. The molecular weight excluding hydrogens is 246 g/mol. The molecule has 0 aliphatic carbocycles. The van der Waals surface area contributed by atoms with Crippen molar-refractivity contribution in [2.45, 2.75) is 17.9 Å². The molecular formula is C14H13NO2S. The van der Waals surface area contributed by atoms with Gasteiger partial charge in [-0.25, -0.2) is 8.42 Å². The number of nitrogens with one attached hydrogen (secondary N) is 1. The summed E-state index contributed by atoms with van der Waals surface area (Å²) in [6.45, 7) is 2.00. The minimum atomic E-state index is -3.37. The summed E-state index contributed by atoms with van der Waals surface area (Å²) >= 11 is 0. The predicted octanol–water partition coefficient (Wildman–Crippen LogP) is 2.38. The maximum atomic E-state index is 12.0. The van der Waals surface area contributed by atoms with Crippen molar-refractivity contribution in [3.63, 3.8) is 0 Å². The Morgan fingerprint density at radius 1 is 1.06 bits per heavy atom. The summed E-state index contributed by atoms with van der Waals surface area (Å²) in [5.74, 6) is 0. The maximum Gasteiger partial charge on any atom is 0.241 e. The van der Waals surface area contributed by atoms with Crippen molar-refractivity contribution < 1.29 is 8.42 Å². The van der Waals surface area contributed by atoms with Crippen LogP contribution in [-0.4, -0.2) is 8.42 Å².